The minimum absolute atomic E-state index is 0.178. The van der Waals surface area contributed by atoms with Crippen molar-refractivity contribution in [2.24, 2.45) is 11.8 Å². The van der Waals surface area contributed by atoms with Crippen LogP contribution in [-0.2, 0) is 4.57 Å². The van der Waals surface area contributed by atoms with Gasteiger partial charge in [0.25, 0.3) is 0 Å². The van der Waals surface area contributed by atoms with E-state index >= 15 is 0 Å². The van der Waals surface area contributed by atoms with Gasteiger partial charge in [-0.05, 0) is 61.1 Å². The monoisotopic (exact) mass is 388 g/mol. The standard InChI is InChI=1S/C20H24N2O2.HO2P/c1-3-13-12-22-9-7-14(13)10-19(22)20(23)16-6-8-21-18-5-4-15(24-2)11-17(16)18;1-3-2/h3-6,8,11,13-14,19-20,23H,1,7,9-10,12H2,2H3;(H,1,2). The fraction of sp³-hybridized carbons (Fsp3) is 0.450. The Morgan fingerprint density at radius 1 is 1.44 bits per heavy atom. The Balaban J connectivity index is 0.000000659. The van der Waals surface area contributed by atoms with E-state index in [4.69, 9.17) is 14.2 Å². The van der Waals surface area contributed by atoms with Crippen molar-refractivity contribution in [3.63, 3.8) is 0 Å². The molecule has 0 aliphatic carbocycles. The second kappa shape index (κ2) is 8.89. The molecule has 2 bridgehead atoms. The number of hydrogen-bond acceptors (Lipinski definition) is 5. The Morgan fingerprint density at radius 3 is 2.85 bits per heavy atom. The zero-order valence-electron chi connectivity index (χ0n) is 15.4. The molecule has 6 nitrogen and oxygen atoms in total. The summed E-state index contributed by atoms with van der Waals surface area (Å²) >= 11 is 0. The summed E-state index contributed by atoms with van der Waals surface area (Å²) in [4.78, 5) is 13.8. The summed E-state index contributed by atoms with van der Waals surface area (Å²) in [5.41, 5.74) is 1.85. The van der Waals surface area contributed by atoms with Crippen molar-refractivity contribution in [3.05, 3.63) is 48.7 Å². The van der Waals surface area contributed by atoms with Crippen molar-refractivity contribution in [3.8, 4) is 5.75 Å². The third kappa shape index (κ3) is 4.04. The van der Waals surface area contributed by atoms with Gasteiger partial charge in [0.05, 0.1) is 18.7 Å². The average Bonchev–Trinajstić information content (AvgIpc) is 2.73. The van der Waals surface area contributed by atoms with Gasteiger partial charge in [0.1, 0.15) is 5.75 Å². The third-order valence-corrected chi connectivity index (χ3v) is 5.82. The Bertz CT molecular complexity index is 816. The molecular formula is C20H25N2O4P. The average molecular weight is 388 g/mol. The van der Waals surface area contributed by atoms with Crippen LogP contribution in [0.2, 0.25) is 0 Å². The highest BCUT2D eigenvalue weighted by Gasteiger charge is 2.42. The van der Waals surface area contributed by atoms with Gasteiger partial charge in [-0.1, -0.05) is 6.08 Å². The van der Waals surface area contributed by atoms with Gasteiger partial charge in [0, 0.05) is 24.2 Å². The maximum Gasteiger partial charge on any atom is 0.324 e. The molecule has 0 spiro atoms. The molecule has 3 saturated heterocycles. The van der Waals surface area contributed by atoms with Crippen LogP contribution in [0.3, 0.4) is 0 Å². The summed E-state index contributed by atoms with van der Waals surface area (Å²) in [5, 5.41) is 12.1. The first-order valence-corrected chi connectivity index (χ1v) is 9.83. The van der Waals surface area contributed by atoms with Crippen LogP contribution in [0.15, 0.2) is 43.1 Å². The fourth-order valence-electron chi connectivity index (χ4n) is 4.44. The number of rotatable bonds is 4. The summed E-state index contributed by atoms with van der Waals surface area (Å²) in [5.74, 6) is 2.01. The van der Waals surface area contributed by atoms with Gasteiger partial charge >= 0.3 is 8.69 Å². The van der Waals surface area contributed by atoms with E-state index in [9.17, 15) is 5.11 Å². The molecule has 27 heavy (non-hydrogen) atoms. The molecular weight excluding hydrogens is 363 g/mol. The molecule has 3 aliphatic heterocycles. The van der Waals surface area contributed by atoms with E-state index in [0.29, 0.717) is 11.8 Å². The first-order chi connectivity index (χ1) is 13.1. The zero-order valence-corrected chi connectivity index (χ0v) is 16.3. The van der Waals surface area contributed by atoms with Crippen LogP contribution >= 0.6 is 8.69 Å². The number of aliphatic hydroxyl groups excluding tert-OH is 1. The highest BCUT2D eigenvalue weighted by atomic mass is 31.1. The Morgan fingerprint density at radius 2 is 2.22 bits per heavy atom. The fourth-order valence-corrected chi connectivity index (χ4v) is 4.44. The first kappa shape index (κ1) is 19.9. The number of nitrogens with zero attached hydrogens (tertiary/aromatic N) is 2. The molecule has 0 amide bonds. The second-order valence-electron chi connectivity index (χ2n) is 7.06. The molecule has 5 unspecified atom stereocenters. The highest BCUT2D eigenvalue weighted by Crippen LogP contribution is 2.42. The van der Waals surface area contributed by atoms with Gasteiger partial charge in [-0.2, -0.15) is 0 Å². The molecule has 0 saturated carbocycles. The predicted molar refractivity (Wildman–Crippen MR) is 105 cm³/mol. The molecule has 144 valence electrons. The summed E-state index contributed by atoms with van der Waals surface area (Å²) in [6.45, 7) is 6.07. The minimum atomic E-state index is -0.833. The molecule has 4 heterocycles. The van der Waals surface area contributed by atoms with Crippen molar-refractivity contribution in [1.82, 2.24) is 9.88 Å². The number of piperidine rings is 3. The van der Waals surface area contributed by atoms with Crippen molar-refractivity contribution in [1.29, 1.82) is 0 Å². The second-order valence-corrected chi connectivity index (χ2v) is 7.22. The first-order valence-electron chi connectivity index (χ1n) is 9.07. The quantitative estimate of drug-likeness (QED) is 0.617. The SMILES string of the molecule is C=CC1CN2CCC1CC2C(O)c1ccnc2ccc(OC)cc12.O=PO. The number of aliphatic hydroxyl groups is 1. The number of pyridine rings is 1. The van der Waals surface area contributed by atoms with E-state index in [2.05, 4.69) is 22.5 Å². The number of benzene rings is 1. The van der Waals surface area contributed by atoms with Crippen molar-refractivity contribution >= 4 is 19.6 Å². The lowest BCUT2D eigenvalue weighted by Crippen LogP contribution is -2.54. The molecule has 3 fully saturated rings. The van der Waals surface area contributed by atoms with Crippen LogP contribution in [0.5, 0.6) is 5.75 Å². The number of aromatic nitrogens is 1. The van der Waals surface area contributed by atoms with Crippen molar-refractivity contribution in [2.45, 2.75) is 25.0 Å². The summed E-state index contributed by atoms with van der Waals surface area (Å²) in [7, 11) is 0.828. The van der Waals surface area contributed by atoms with E-state index in [0.717, 1.165) is 41.7 Å². The molecule has 5 atom stereocenters. The normalized spacial score (nSPS) is 27.7. The van der Waals surface area contributed by atoms with Crippen LogP contribution in [0, 0.1) is 11.8 Å². The van der Waals surface area contributed by atoms with E-state index in [1.807, 2.05) is 24.3 Å². The Hall–Kier alpha value is -1.85. The smallest absolute Gasteiger partial charge is 0.324 e. The van der Waals surface area contributed by atoms with Crippen LogP contribution in [0.1, 0.15) is 24.5 Å². The molecule has 7 heteroatoms. The largest absolute Gasteiger partial charge is 0.497 e. The Kier molecular flexibility index (Phi) is 6.55. The molecule has 2 aromatic rings. The van der Waals surface area contributed by atoms with Crippen LogP contribution < -0.4 is 4.74 Å². The molecule has 3 aliphatic rings. The van der Waals surface area contributed by atoms with Crippen LogP contribution in [0.25, 0.3) is 10.9 Å². The molecule has 2 N–H and O–H groups in total. The van der Waals surface area contributed by atoms with Crippen molar-refractivity contribution in [2.75, 3.05) is 20.2 Å². The third-order valence-electron chi connectivity index (χ3n) is 5.82. The lowest BCUT2D eigenvalue weighted by Gasteiger charge is -2.50. The topological polar surface area (TPSA) is 82.9 Å². The van der Waals surface area contributed by atoms with Gasteiger partial charge < -0.3 is 14.7 Å². The number of ether oxygens (including phenoxy) is 1. The van der Waals surface area contributed by atoms with E-state index < -0.39 is 14.8 Å². The number of hydrogen-bond donors (Lipinski definition) is 2. The maximum atomic E-state index is 11.2. The van der Waals surface area contributed by atoms with Crippen LogP contribution in [0.4, 0.5) is 0 Å². The molecule has 0 radical (unpaired) electrons. The maximum absolute atomic E-state index is 11.2. The molecule has 5 rings (SSSR count). The summed E-state index contributed by atoms with van der Waals surface area (Å²) in [6.07, 6.45) is 5.62. The zero-order chi connectivity index (χ0) is 19.4. The van der Waals surface area contributed by atoms with E-state index in [-0.39, 0.29) is 6.04 Å². The molecule has 1 aromatic carbocycles. The van der Waals surface area contributed by atoms with Gasteiger partial charge in [-0.15, -0.1) is 6.58 Å². The lowest BCUT2D eigenvalue weighted by molar-refractivity contribution is -0.0444. The number of fused-ring (bicyclic) bond motifs is 4. The van der Waals surface area contributed by atoms with E-state index in [1.54, 1.807) is 13.3 Å². The molecule has 1 aromatic heterocycles. The van der Waals surface area contributed by atoms with Gasteiger partial charge in [-0.3, -0.25) is 9.88 Å². The van der Waals surface area contributed by atoms with E-state index in [1.165, 1.54) is 6.42 Å². The highest BCUT2D eigenvalue weighted by molar-refractivity contribution is 7.16. The number of methoxy groups -OCH3 is 1. The summed E-state index contributed by atoms with van der Waals surface area (Å²) < 4.78 is 13.8. The van der Waals surface area contributed by atoms with Gasteiger partial charge in [-0.25, -0.2) is 4.57 Å². The van der Waals surface area contributed by atoms with Crippen molar-refractivity contribution < 1.29 is 19.3 Å². The predicted octanol–water partition coefficient (Wildman–Crippen LogP) is 3.36. The van der Waals surface area contributed by atoms with Crippen LogP contribution in [-0.4, -0.2) is 46.1 Å². The Labute approximate surface area is 160 Å². The lowest BCUT2D eigenvalue weighted by atomic mass is 9.73. The summed E-state index contributed by atoms with van der Waals surface area (Å²) in [6, 6.07) is 7.96. The van der Waals surface area contributed by atoms with Gasteiger partial charge in [0.2, 0.25) is 0 Å². The van der Waals surface area contributed by atoms with Gasteiger partial charge in [0.15, 0.2) is 0 Å². The minimum Gasteiger partial charge on any atom is -0.497 e.